The fourth-order valence-electron chi connectivity index (χ4n) is 2.03. The number of hydrogen-bond donors (Lipinski definition) is 1. The number of rotatable bonds is 4. The van der Waals surface area contributed by atoms with Crippen molar-refractivity contribution in [3.8, 4) is 0 Å². The average Bonchev–Trinajstić information content (AvgIpc) is 2.40. The second-order valence-corrected chi connectivity index (χ2v) is 5.47. The van der Waals surface area contributed by atoms with E-state index in [1.807, 2.05) is 37.3 Å². The Morgan fingerprint density at radius 1 is 1.11 bits per heavy atom. The molecule has 0 saturated carbocycles. The summed E-state index contributed by atoms with van der Waals surface area (Å²) < 4.78 is 0. The fourth-order valence-corrected chi connectivity index (χ4v) is 2.41. The molecular weight excluding hydrogens is 277 g/mol. The normalized spacial score (nSPS) is 12.2. The van der Waals surface area contributed by atoms with E-state index < -0.39 is 0 Å². The highest BCUT2D eigenvalue weighted by atomic mass is 35.5. The summed E-state index contributed by atoms with van der Waals surface area (Å²) in [6.45, 7) is 4.15. The quantitative estimate of drug-likeness (QED) is 0.744. The number of aryl methyl sites for hydroxylation is 1. The van der Waals surface area contributed by atoms with Crippen molar-refractivity contribution in [3.05, 3.63) is 63.6 Å². The molecule has 19 heavy (non-hydrogen) atoms. The summed E-state index contributed by atoms with van der Waals surface area (Å²) >= 11 is 12.2. The number of halogens is 2. The van der Waals surface area contributed by atoms with Crippen LogP contribution in [0.4, 0.5) is 5.69 Å². The van der Waals surface area contributed by atoms with Crippen LogP contribution >= 0.6 is 23.2 Å². The molecule has 0 heterocycles. The summed E-state index contributed by atoms with van der Waals surface area (Å²) in [7, 11) is 0. The van der Waals surface area contributed by atoms with Crippen LogP contribution in [0.15, 0.2) is 42.5 Å². The summed E-state index contributed by atoms with van der Waals surface area (Å²) in [4.78, 5) is 0. The van der Waals surface area contributed by atoms with E-state index in [4.69, 9.17) is 23.2 Å². The van der Waals surface area contributed by atoms with Crippen molar-refractivity contribution in [1.82, 2.24) is 0 Å². The molecule has 0 amide bonds. The number of anilines is 1. The van der Waals surface area contributed by atoms with E-state index in [9.17, 15) is 0 Å². The SMILES string of the molecule is CCC(Nc1ccc(C)c(Cl)c1)c1cccc(Cl)c1. The molecule has 0 radical (unpaired) electrons. The Bertz CT molecular complexity index is 566. The zero-order chi connectivity index (χ0) is 13.8. The molecule has 2 aromatic rings. The minimum atomic E-state index is 0.234. The van der Waals surface area contributed by atoms with E-state index in [2.05, 4.69) is 24.4 Å². The van der Waals surface area contributed by atoms with Crippen LogP contribution < -0.4 is 5.32 Å². The monoisotopic (exact) mass is 293 g/mol. The lowest BCUT2D eigenvalue weighted by Crippen LogP contribution is -2.09. The summed E-state index contributed by atoms with van der Waals surface area (Å²) in [5, 5.41) is 5.04. The minimum absolute atomic E-state index is 0.234. The molecule has 0 spiro atoms. The predicted molar refractivity (Wildman–Crippen MR) is 84.3 cm³/mol. The number of hydrogen-bond acceptors (Lipinski definition) is 1. The van der Waals surface area contributed by atoms with Crippen LogP contribution in [0.25, 0.3) is 0 Å². The zero-order valence-corrected chi connectivity index (χ0v) is 12.6. The first kappa shape index (κ1) is 14.2. The van der Waals surface area contributed by atoms with Gasteiger partial charge in [-0.25, -0.2) is 0 Å². The molecule has 1 N–H and O–H groups in total. The lowest BCUT2D eigenvalue weighted by Gasteiger charge is -2.19. The van der Waals surface area contributed by atoms with Crippen molar-refractivity contribution in [2.24, 2.45) is 0 Å². The van der Waals surface area contributed by atoms with Gasteiger partial charge in [0, 0.05) is 15.7 Å². The number of nitrogens with one attached hydrogen (secondary N) is 1. The minimum Gasteiger partial charge on any atom is -0.378 e. The van der Waals surface area contributed by atoms with Crippen LogP contribution in [0.3, 0.4) is 0 Å². The lowest BCUT2D eigenvalue weighted by molar-refractivity contribution is 0.749. The smallest absolute Gasteiger partial charge is 0.0511 e. The molecule has 0 fully saturated rings. The van der Waals surface area contributed by atoms with Gasteiger partial charge in [0.1, 0.15) is 0 Å². The van der Waals surface area contributed by atoms with Crippen molar-refractivity contribution in [1.29, 1.82) is 0 Å². The standard InChI is InChI=1S/C16H17Cl2N/c1-3-16(12-5-4-6-13(17)9-12)19-14-8-7-11(2)15(18)10-14/h4-10,16,19H,3H2,1-2H3. The molecule has 100 valence electrons. The van der Waals surface area contributed by atoms with Gasteiger partial charge < -0.3 is 5.32 Å². The summed E-state index contributed by atoms with van der Waals surface area (Å²) in [6.07, 6.45) is 0.978. The van der Waals surface area contributed by atoms with Gasteiger partial charge in [-0.3, -0.25) is 0 Å². The Morgan fingerprint density at radius 2 is 1.89 bits per heavy atom. The first-order valence-electron chi connectivity index (χ1n) is 6.38. The highest BCUT2D eigenvalue weighted by Gasteiger charge is 2.10. The molecular formula is C16H17Cl2N. The van der Waals surface area contributed by atoms with Crippen LogP contribution in [0.2, 0.25) is 10.0 Å². The highest BCUT2D eigenvalue weighted by molar-refractivity contribution is 6.31. The van der Waals surface area contributed by atoms with Crippen molar-refractivity contribution in [2.45, 2.75) is 26.3 Å². The topological polar surface area (TPSA) is 12.0 Å². The molecule has 3 heteroatoms. The van der Waals surface area contributed by atoms with Gasteiger partial charge in [-0.15, -0.1) is 0 Å². The molecule has 0 saturated heterocycles. The fraction of sp³-hybridized carbons (Fsp3) is 0.250. The van der Waals surface area contributed by atoms with Crippen molar-refractivity contribution >= 4 is 28.9 Å². The van der Waals surface area contributed by atoms with Gasteiger partial charge in [0.25, 0.3) is 0 Å². The molecule has 2 rings (SSSR count). The first-order chi connectivity index (χ1) is 9.10. The third kappa shape index (κ3) is 3.65. The molecule has 0 aliphatic rings. The second-order valence-electron chi connectivity index (χ2n) is 4.62. The Labute approximate surface area is 124 Å². The van der Waals surface area contributed by atoms with Crippen LogP contribution in [0.1, 0.15) is 30.5 Å². The van der Waals surface area contributed by atoms with Gasteiger partial charge in [0.2, 0.25) is 0 Å². The Kier molecular flexibility index (Phi) is 4.73. The van der Waals surface area contributed by atoms with Gasteiger partial charge in [-0.05, 0) is 48.7 Å². The maximum Gasteiger partial charge on any atom is 0.0511 e. The van der Waals surface area contributed by atoms with Crippen LogP contribution in [0.5, 0.6) is 0 Å². The van der Waals surface area contributed by atoms with Crippen LogP contribution in [-0.2, 0) is 0 Å². The molecule has 1 unspecified atom stereocenters. The maximum atomic E-state index is 6.15. The lowest BCUT2D eigenvalue weighted by atomic mass is 10.0. The van der Waals surface area contributed by atoms with Gasteiger partial charge in [-0.1, -0.05) is 48.3 Å². The average molecular weight is 294 g/mol. The maximum absolute atomic E-state index is 6.15. The van der Waals surface area contributed by atoms with Gasteiger partial charge in [0.05, 0.1) is 6.04 Å². The molecule has 1 atom stereocenters. The summed E-state index contributed by atoms with van der Waals surface area (Å²) in [6, 6.07) is 14.2. The van der Waals surface area contributed by atoms with E-state index in [1.165, 1.54) is 5.56 Å². The van der Waals surface area contributed by atoms with E-state index in [-0.39, 0.29) is 6.04 Å². The third-order valence-corrected chi connectivity index (χ3v) is 3.81. The molecule has 0 aliphatic heterocycles. The van der Waals surface area contributed by atoms with Gasteiger partial charge in [-0.2, -0.15) is 0 Å². The van der Waals surface area contributed by atoms with E-state index in [1.54, 1.807) is 0 Å². The third-order valence-electron chi connectivity index (χ3n) is 3.17. The summed E-state index contributed by atoms with van der Waals surface area (Å²) in [5.74, 6) is 0. The first-order valence-corrected chi connectivity index (χ1v) is 7.14. The van der Waals surface area contributed by atoms with Gasteiger partial charge >= 0.3 is 0 Å². The Hall–Kier alpha value is -1.18. The van der Waals surface area contributed by atoms with E-state index >= 15 is 0 Å². The molecule has 0 aromatic heterocycles. The number of benzene rings is 2. The van der Waals surface area contributed by atoms with Crippen molar-refractivity contribution < 1.29 is 0 Å². The van der Waals surface area contributed by atoms with Gasteiger partial charge in [0.15, 0.2) is 0 Å². The van der Waals surface area contributed by atoms with E-state index in [0.29, 0.717) is 0 Å². The molecule has 0 bridgehead atoms. The Balaban J connectivity index is 2.21. The van der Waals surface area contributed by atoms with Crippen LogP contribution in [0, 0.1) is 6.92 Å². The van der Waals surface area contributed by atoms with E-state index in [0.717, 1.165) is 27.7 Å². The largest absolute Gasteiger partial charge is 0.378 e. The van der Waals surface area contributed by atoms with Crippen LogP contribution in [-0.4, -0.2) is 0 Å². The molecule has 0 aliphatic carbocycles. The zero-order valence-electron chi connectivity index (χ0n) is 11.1. The highest BCUT2D eigenvalue weighted by Crippen LogP contribution is 2.27. The molecule has 2 aromatic carbocycles. The predicted octanol–water partition coefficient (Wildman–Crippen LogP) is 5.87. The molecule has 1 nitrogen and oxygen atoms in total. The second kappa shape index (κ2) is 6.31. The van der Waals surface area contributed by atoms with Crippen molar-refractivity contribution in [2.75, 3.05) is 5.32 Å². The Morgan fingerprint density at radius 3 is 2.53 bits per heavy atom. The van der Waals surface area contributed by atoms with Crippen molar-refractivity contribution in [3.63, 3.8) is 0 Å². The summed E-state index contributed by atoms with van der Waals surface area (Å²) in [5.41, 5.74) is 3.30.